The second-order valence-electron chi connectivity index (χ2n) is 3.42. The van der Waals surface area contributed by atoms with E-state index in [1.807, 2.05) is 6.92 Å². The zero-order valence-electron chi connectivity index (χ0n) is 7.27. The van der Waals surface area contributed by atoms with Gasteiger partial charge in [-0.25, -0.2) is 0 Å². The standard InChI is InChI=1S/C10H17N/c1-2-3-5-9-6-4-7-10(11)8-9/h9-10H,4-8,11H2,1H3. The van der Waals surface area contributed by atoms with Gasteiger partial charge in [-0.2, -0.15) is 0 Å². The van der Waals surface area contributed by atoms with Gasteiger partial charge >= 0.3 is 0 Å². The Labute approximate surface area is 69.4 Å². The molecule has 0 spiro atoms. The minimum Gasteiger partial charge on any atom is -0.328 e. The molecule has 0 aromatic rings. The largest absolute Gasteiger partial charge is 0.328 e. The molecule has 0 bridgehead atoms. The molecule has 1 saturated carbocycles. The van der Waals surface area contributed by atoms with Gasteiger partial charge in [0.2, 0.25) is 0 Å². The maximum absolute atomic E-state index is 5.85. The Kier molecular flexibility index (Phi) is 3.45. The van der Waals surface area contributed by atoms with Crippen molar-refractivity contribution in [2.45, 2.75) is 45.1 Å². The Morgan fingerprint density at radius 1 is 1.45 bits per heavy atom. The van der Waals surface area contributed by atoms with E-state index < -0.39 is 0 Å². The number of rotatable bonds is 1. The Morgan fingerprint density at radius 2 is 2.27 bits per heavy atom. The van der Waals surface area contributed by atoms with E-state index in [1.54, 1.807) is 0 Å². The van der Waals surface area contributed by atoms with Gasteiger partial charge in [-0.05, 0) is 32.1 Å². The molecule has 0 saturated heterocycles. The smallest absolute Gasteiger partial charge is 0.0117 e. The van der Waals surface area contributed by atoms with E-state index in [4.69, 9.17) is 5.73 Å². The highest BCUT2D eigenvalue weighted by atomic mass is 14.6. The Bertz CT molecular complexity index is 163. The van der Waals surface area contributed by atoms with Gasteiger partial charge in [-0.1, -0.05) is 6.42 Å². The molecule has 11 heavy (non-hydrogen) atoms. The van der Waals surface area contributed by atoms with E-state index in [0.717, 1.165) is 12.3 Å². The minimum atomic E-state index is 0.451. The first kappa shape index (κ1) is 8.62. The van der Waals surface area contributed by atoms with Gasteiger partial charge in [-0.15, -0.1) is 11.8 Å². The van der Waals surface area contributed by atoms with Gasteiger partial charge in [-0.3, -0.25) is 0 Å². The van der Waals surface area contributed by atoms with Crippen molar-refractivity contribution in [1.82, 2.24) is 0 Å². The van der Waals surface area contributed by atoms with E-state index in [9.17, 15) is 0 Å². The monoisotopic (exact) mass is 151 g/mol. The molecule has 1 fully saturated rings. The van der Waals surface area contributed by atoms with Crippen LogP contribution < -0.4 is 5.73 Å². The Hall–Kier alpha value is -0.480. The first-order valence-electron chi connectivity index (χ1n) is 4.48. The van der Waals surface area contributed by atoms with Crippen LogP contribution in [0.2, 0.25) is 0 Å². The molecule has 0 amide bonds. The maximum atomic E-state index is 5.85. The summed E-state index contributed by atoms with van der Waals surface area (Å²) >= 11 is 0. The molecule has 62 valence electrons. The summed E-state index contributed by atoms with van der Waals surface area (Å²) in [6, 6.07) is 0.451. The van der Waals surface area contributed by atoms with Crippen LogP contribution in [0.25, 0.3) is 0 Å². The third kappa shape index (κ3) is 2.95. The minimum absolute atomic E-state index is 0.451. The zero-order valence-corrected chi connectivity index (χ0v) is 7.27. The first-order chi connectivity index (χ1) is 5.33. The van der Waals surface area contributed by atoms with Crippen molar-refractivity contribution in [1.29, 1.82) is 0 Å². The van der Waals surface area contributed by atoms with Crippen LogP contribution in [-0.2, 0) is 0 Å². The van der Waals surface area contributed by atoms with E-state index in [1.165, 1.54) is 25.7 Å². The van der Waals surface area contributed by atoms with Gasteiger partial charge in [0.25, 0.3) is 0 Å². The van der Waals surface area contributed by atoms with Crippen molar-refractivity contribution in [2.75, 3.05) is 0 Å². The van der Waals surface area contributed by atoms with Crippen molar-refractivity contribution in [3.05, 3.63) is 0 Å². The lowest BCUT2D eigenvalue weighted by Gasteiger charge is -2.24. The molecule has 1 aliphatic carbocycles. The van der Waals surface area contributed by atoms with Gasteiger partial charge in [0, 0.05) is 12.5 Å². The van der Waals surface area contributed by atoms with Gasteiger partial charge in [0.1, 0.15) is 0 Å². The summed E-state index contributed by atoms with van der Waals surface area (Å²) in [4.78, 5) is 0. The van der Waals surface area contributed by atoms with Crippen molar-refractivity contribution in [3.8, 4) is 11.8 Å². The molecule has 0 aromatic carbocycles. The quantitative estimate of drug-likeness (QED) is 0.569. The van der Waals surface area contributed by atoms with E-state index in [2.05, 4.69) is 11.8 Å². The summed E-state index contributed by atoms with van der Waals surface area (Å²) < 4.78 is 0. The second kappa shape index (κ2) is 4.41. The number of nitrogens with two attached hydrogens (primary N) is 1. The topological polar surface area (TPSA) is 26.0 Å². The summed E-state index contributed by atoms with van der Waals surface area (Å²) in [6.07, 6.45) is 6.11. The fourth-order valence-electron chi connectivity index (χ4n) is 1.76. The van der Waals surface area contributed by atoms with Crippen molar-refractivity contribution in [3.63, 3.8) is 0 Å². The molecule has 1 heteroatoms. The van der Waals surface area contributed by atoms with Crippen LogP contribution in [0.3, 0.4) is 0 Å². The predicted octanol–water partition coefficient (Wildman–Crippen LogP) is 1.92. The fraction of sp³-hybridized carbons (Fsp3) is 0.800. The summed E-state index contributed by atoms with van der Waals surface area (Å²) in [5.41, 5.74) is 5.85. The van der Waals surface area contributed by atoms with Gasteiger partial charge in [0.05, 0.1) is 0 Å². The van der Waals surface area contributed by atoms with Crippen LogP contribution in [0, 0.1) is 17.8 Å². The van der Waals surface area contributed by atoms with Gasteiger partial charge < -0.3 is 5.73 Å². The molecule has 1 nitrogen and oxygen atoms in total. The zero-order chi connectivity index (χ0) is 8.10. The average Bonchev–Trinajstić information content (AvgIpc) is 2.01. The van der Waals surface area contributed by atoms with E-state index in [0.29, 0.717) is 6.04 Å². The lowest BCUT2D eigenvalue weighted by Crippen LogP contribution is -2.27. The second-order valence-corrected chi connectivity index (χ2v) is 3.42. The van der Waals surface area contributed by atoms with E-state index in [-0.39, 0.29) is 0 Å². The van der Waals surface area contributed by atoms with Crippen LogP contribution in [0.4, 0.5) is 0 Å². The summed E-state index contributed by atoms with van der Waals surface area (Å²) in [5, 5.41) is 0. The van der Waals surface area contributed by atoms with Crippen LogP contribution in [0.5, 0.6) is 0 Å². The molecule has 2 N–H and O–H groups in total. The normalized spacial score (nSPS) is 30.7. The van der Waals surface area contributed by atoms with Crippen LogP contribution in [-0.4, -0.2) is 6.04 Å². The van der Waals surface area contributed by atoms with Crippen LogP contribution >= 0.6 is 0 Å². The summed E-state index contributed by atoms with van der Waals surface area (Å²) in [5.74, 6) is 6.86. The maximum Gasteiger partial charge on any atom is 0.0117 e. The molecule has 1 rings (SSSR count). The first-order valence-corrected chi connectivity index (χ1v) is 4.48. The highest BCUT2D eigenvalue weighted by Crippen LogP contribution is 2.25. The van der Waals surface area contributed by atoms with Crippen molar-refractivity contribution in [2.24, 2.45) is 11.7 Å². The molecule has 0 aliphatic heterocycles. The van der Waals surface area contributed by atoms with Crippen molar-refractivity contribution < 1.29 is 0 Å². The fourth-order valence-corrected chi connectivity index (χ4v) is 1.76. The number of hydrogen-bond acceptors (Lipinski definition) is 1. The van der Waals surface area contributed by atoms with Crippen molar-refractivity contribution >= 4 is 0 Å². The molecule has 0 heterocycles. The van der Waals surface area contributed by atoms with Crippen LogP contribution in [0.1, 0.15) is 39.0 Å². The molecule has 2 atom stereocenters. The molecule has 2 unspecified atom stereocenters. The third-order valence-corrected chi connectivity index (χ3v) is 2.39. The summed E-state index contributed by atoms with van der Waals surface area (Å²) in [6.45, 7) is 1.91. The third-order valence-electron chi connectivity index (χ3n) is 2.39. The molecular formula is C10H17N. The van der Waals surface area contributed by atoms with Gasteiger partial charge in [0.15, 0.2) is 0 Å². The SMILES string of the molecule is CC#CCC1CCCC(N)C1. The highest BCUT2D eigenvalue weighted by Gasteiger charge is 2.17. The highest BCUT2D eigenvalue weighted by molar-refractivity contribution is 4.97. The molecule has 1 aliphatic rings. The van der Waals surface area contributed by atoms with Crippen LogP contribution in [0.15, 0.2) is 0 Å². The molecule has 0 aromatic heterocycles. The molecule has 0 radical (unpaired) electrons. The lowest BCUT2D eigenvalue weighted by atomic mass is 9.84. The lowest BCUT2D eigenvalue weighted by molar-refractivity contribution is 0.327. The Balaban J connectivity index is 2.26. The predicted molar refractivity (Wildman–Crippen MR) is 48.0 cm³/mol. The van der Waals surface area contributed by atoms with E-state index >= 15 is 0 Å². The molecular weight excluding hydrogens is 134 g/mol. The Morgan fingerprint density at radius 3 is 2.91 bits per heavy atom. The number of hydrogen-bond donors (Lipinski definition) is 1. The summed E-state index contributed by atoms with van der Waals surface area (Å²) in [7, 11) is 0. The average molecular weight is 151 g/mol.